The van der Waals surface area contributed by atoms with Crippen LogP contribution in [0.2, 0.25) is 0 Å². The number of rotatable bonds is 4. The van der Waals surface area contributed by atoms with Crippen molar-refractivity contribution in [2.75, 3.05) is 11.1 Å². The Hall–Kier alpha value is -3.55. The third kappa shape index (κ3) is 3.88. The van der Waals surface area contributed by atoms with E-state index < -0.39 is 0 Å². The molecule has 1 amide bonds. The van der Waals surface area contributed by atoms with Crippen molar-refractivity contribution in [2.45, 2.75) is 13.8 Å². The lowest BCUT2D eigenvalue weighted by Gasteiger charge is -2.02. The second kappa shape index (κ2) is 8.18. The van der Waals surface area contributed by atoms with Crippen molar-refractivity contribution in [3.05, 3.63) is 82.0 Å². The predicted octanol–water partition coefficient (Wildman–Crippen LogP) is 6.54. The van der Waals surface area contributed by atoms with E-state index in [1.165, 1.54) is 33.8 Å². The van der Waals surface area contributed by atoms with Gasteiger partial charge in [-0.15, -0.1) is 22.7 Å². The Kier molecular flexibility index (Phi) is 5.20. The molecule has 7 heteroatoms. The minimum Gasteiger partial charge on any atom is -0.397 e. The number of benzene rings is 2. The topological polar surface area (TPSA) is 80.9 Å². The molecule has 32 heavy (non-hydrogen) atoms. The highest BCUT2D eigenvalue weighted by molar-refractivity contribution is 7.21. The van der Waals surface area contributed by atoms with Gasteiger partial charge in [0.2, 0.25) is 0 Å². The van der Waals surface area contributed by atoms with Crippen LogP contribution in [0.3, 0.4) is 0 Å². The van der Waals surface area contributed by atoms with Gasteiger partial charge in [-0.3, -0.25) is 10.1 Å². The number of carbonyl (C=O) groups excluding carboxylic acids is 1. The molecular weight excluding hydrogens is 436 g/mol. The van der Waals surface area contributed by atoms with Crippen LogP contribution in [0.15, 0.2) is 66.0 Å². The highest BCUT2D eigenvalue weighted by atomic mass is 32.1. The van der Waals surface area contributed by atoms with Gasteiger partial charge in [0.05, 0.1) is 17.1 Å². The maximum atomic E-state index is 12.9. The molecular formula is C25H20N4OS2. The molecule has 0 unspecified atom stereocenters. The fourth-order valence-corrected chi connectivity index (χ4v) is 5.10. The number of amides is 1. The van der Waals surface area contributed by atoms with E-state index in [9.17, 15) is 4.79 Å². The molecule has 5 nitrogen and oxygen atoms in total. The van der Waals surface area contributed by atoms with E-state index in [1.807, 2.05) is 60.8 Å². The minimum atomic E-state index is -0.271. The number of nitrogens with one attached hydrogen (secondary N) is 1. The first-order valence-electron chi connectivity index (χ1n) is 10.1. The van der Waals surface area contributed by atoms with Crippen LogP contribution in [0, 0.1) is 13.8 Å². The Morgan fingerprint density at radius 1 is 0.844 bits per heavy atom. The fourth-order valence-electron chi connectivity index (χ4n) is 3.39. The summed E-state index contributed by atoms with van der Waals surface area (Å²) in [6, 6.07) is 20.2. The third-order valence-electron chi connectivity index (χ3n) is 5.22. The van der Waals surface area contributed by atoms with Gasteiger partial charge >= 0.3 is 0 Å². The van der Waals surface area contributed by atoms with Crippen LogP contribution >= 0.6 is 22.7 Å². The zero-order valence-electron chi connectivity index (χ0n) is 17.5. The van der Waals surface area contributed by atoms with Gasteiger partial charge < -0.3 is 5.73 Å². The van der Waals surface area contributed by atoms with Gasteiger partial charge in [-0.05, 0) is 26.0 Å². The van der Waals surface area contributed by atoms with Crippen molar-refractivity contribution in [3.8, 4) is 22.5 Å². The first kappa shape index (κ1) is 20.4. The van der Waals surface area contributed by atoms with Gasteiger partial charge in [-0.25, -0.2) is 9.97 Å². The molecule has 0 aliphatic heterocycles. The fraction of sp³-hybridized carbons (Fsp3) is 0.0800. The molecule has 0 atom stereocenters. The summed E-state index contributed by atoms with van der Waals surface area (Å²) >= 11 is 2.69. The van der Waals surface area contributed by atoms with Gasteiger partial charge in [-0.1, -0.05) is 59.7 Å². The van der Waals surface area contributed by atoms with E-state index in [4.69, 9.17) is 10.7 Å². The summed E-state index contributed by atoms with van der Waals surface area (Å²) in [5.74, 6) is -0.271. The van der Waals surface area contributed by atoms with E-state index in [-0.39, 0.29) is 5.91 Å². The molecule has 0 fully saturated rings. The number of nitrogens with zero attached hydrogens (tertiary/aromatic N) is 2. The molecule has 2 aromatic carbocycles. The number of pyridine rings is 1. The Balaban J connectivity index is 1.40. The molecule has 3 aromatic heterocycles. The van der Waals surface area contributed by atoms with Crippen LogP contribution in [-0.2, 0) is 0 Å². The van der Waals surface area contributed by atoms with Gasteiger partial charge in [-0.2, -0.15) is 0 Å². The Morgan fingerprint density at radius 3 is 2.12 bits per heavy atom. The monoisotopic (exact) mass is 456 g/mol. The summed E-state index contributed by atoms with van der Waals surface area (Å²) in [5.41, 5.74) is 12.9. The maximum absolute atomic E-state index is 12.9. The lowest BCUT2D eigenvalue weighted by atomic mass is 10.1. The number of aryl methyl sites for hydroxylation is 2. The second-order valence-corrected chi connectivity index (χ2v) is 9.48. The van der Waals surface area contributed by atoms with Crippen molar-refractivity contribution < 1.29 is 4.79 Å². The number of nitrogen functional groups attached to an aromatic ring is 1. The molecule has 3 N–H and O–H groups in total. The molecule has 0 saturated carbocycles. The standard InChI is InChI=1S/C25H20N4OS2/c1-14-3-7-16(8-4-14)19-12-11-18-21(26)22(32-24(18)27-19)23(30)29-25-28-20(13-31-25)17-9-5-15(2)6-10-17/h3-13H,26H2,1-2H3,(H,28,29,30). The number of anilines is 2. The van der Waals surface area contributed by atoms with Crippen LogP contribution in [0.4, 0.5) is 10.8 Å². The molecule has 0 radical (unpaired) electrons. The quantitative estimate of drug-likeness (QED) is 0.322. The van der Waals surface area contributed by atoms with Crippen molar-refractivity contribution in [3.63, 3.8) is 0 Å². The Labute approximate surface area is 193 Å². The summed E-state index contributed by atoms with van der Waals surface area (Å²) in [6.45, 7) is 4.10. The van der Waals surface area contributed by atoms with E-state index >= 15 is 0 Å². The zero-order valence-corrected chi connectivity index (χ0v) is 19.2. The number of thiazole rings is 1. The number of hydrogen-bond donors (Lipinski definition) is 2. The molecule has 0 saturated heterocycles. The van der Waals surface area contributed by atoms with Crippen molar-refractivity contribution in [1.29, 1.82) is 0 Å². The molecule has 5 aromatic rings. The SMILES string of the molecule is Cc1ccc(-c2csc(NC(=O)c3sc4nc(-c5ccc(C)cc5)ccc4c3N)n2)cc1. The maximum Gasteiger partial charge on any atom is 0.269 e. The number of carbonyl (C=O) groups is 1. The van der Waals surface area contributed by atoms with Gasteiger partial charge in [0.1, 0.15) is 9.71 Å². The van der Waals surface area contributed by atoms with Crippen LogP contribution < -0.4 is 11.1 Å². The number of aromatic nitrogens is 2. The van der Waals surface area contributed by atoms with Crippen molar-refractivity contribution in [1.82, 2.24) is 9.97 Å². The van der Waals surface area contributed by atoms with Crippen molar-refractivity contribution >= 4 is 49.6 Å². The first-order valence-corrected chi connectivity index (χ1v) is 11.8. The molecule has 5 rings (SSSR count). The highest BCUT2D eigenvalue weighted by Crippen LogP contribution is 2.35. The van der Waals surface area contributed by atoms with Crippen LogP contribution in [0.1, 0.15) is 20.8 Å². The van der Waals surface area contributed by atoms with E-state index in [2.05, 4.69) is 29.4 Å². The van der Waals surface area contributed by atoms with Crippen molar-refractivity contribution in [2.24, 2.45) is 0 Å². The number of hydrogen-bond acceptors (Lipinski definition) is 6. The van der Waals surface area contributed by atoms with E-state index in [0.717, 1.165) is 32.7 Å². The van der Waals surface area contributed by atoms with Crippen LogP contribution in [0.5, 0.6) is 0 Å². The van der Waals surface area contributed by atoms with Crippen LogP contribution in [0.25, 0.3) is 32.7 Å². The normalized spacial score (nSPS) is 11.1. The summed E-state index contributed by atoms with van der Waals surface area (Å²) in [7, 11) is 0. The van der Waals surface area contributed by atoms with E-state index in [0.29, 0.717) is 15.7 Å². The summed E-state index contributed by atoms with van der Waals surface area (Å²) in [5, 5.41) is 6.14. The number of fused-ring (bicyclic) bond motifs is 1. The second-order valence-electron chi connectivity index (χ2n) is 7.62. The molecule has 0 spiro atoms. The lowest BCUT2D eigenvalue weighted by molar-refractivity contribution is 0.103. The third-order valence-corrected chi connectivity index (χ3v) is 7.09. The molecule has 0 aliphatic carbocycles. The smallest absolute Gasteiger partial charge is 0.269 e. The number of thiophene rings is 1. The molecule has 0 aliphatic rings. The first-order chi connectivity index (χ1) is 15.5. The van der Waals surface area contributed by atoms with Gasteiger partial charge in [0, 0.05) is 21.9 Å². The van der Waals surface area contributed by atoms with Gasteiger partial charge in [0.25, 0.3) is 5.91 Å². The summed E-state index contributed by atoms with van der Waals surface area (Å²) in [6.07, 6.45) is 0. The molecule has 0 bridgehead atoms. The lowest BCUT2D eigenvalue weighted by Crippen LogP contribution is -2.11. The Bertz CT molecular complexity index is 1430. The summed E-state index contributed by atoms with van der Waals surface area (Å²) < 4.78 is 0. The number of nitrogens with two attached hydrogens (primary N) is 1. The van der Waals surface area contributed by atoms with E-state index in [1.54, 1.807) is 0 Å². The largest absolute Gasteiger partial charge is 0.397 e. The van der Waals surface area contributed by atoms with Crippen LogP contribution in [-0.4, -0.2) is 15.9 Å². The average molecular weight is 457 g/mol. The average Bonchev–Trinajstić information content (AvgIpc) is 3.39. The van der Waals surface area contributed by atoms with Gasteiger partial charge in [0.15, 0.2) is 5.13 Å². The highest BCUT2D eigenvalue weighted by Gasteiger charge is 2.19. The molecule has 3 heterocycles. The zero-order chi connectivity index (χ0) is 22.2. The minimum absolute atomic E-state index is 0.271. The predicted molar refractivity (Wildman–Crippen MR) is 134 cm³/mol. The Morgan fingerprint density at radius 2 is 1.47 bits per heavy atom. The summed E-state index contributed by atoms with van der Waals surface area (Å²) in [4.78, 5) is 23.4. The molecule has 158 valence electrons.